The maximum Gasteiger partial charge on any atom is 0.294 e. The number of aliphatic hydroxyl groups is 1. The van der Waals surface area contributed by atoms with Crippen molar-refractivity contribution in [2.75, 3.05) is 4.90 Å². The Bertz CT molecular complexity index is 1140. The predicted molar refractivity (Wildman–Crippen MR) is 113 cm³/mol. The number of Topliss-reactive ketones (excluding diaryl/α,β-unsaturated/α-hetero) is 1. The Morgan fingerprint density at radius 3 is 2.34 bits per heavy atom. The lowest BCUT2D eigenvalue weighted by molar-refractivity contribution is -0.117. The number of aliphatic hydroxyl groups excluding tert-OH is 1. The Kier molecular flexibility index (Phi) is 5.08. The molecule has 0 radical (unpaired) electrons. The number of carbonyl (C=O) groups is 2. The molecule has 1 aliphatic rings. The van der Waals surface area contributed by atoms with E-state index in [4.69, 9.17) is 23.2 Å². The molecule has 0 saturated carbocycles. The third-order valence-electron chi connectivity index (χ3n) is 4.59. The zero-order chi connectivity index (χ0) is 20.7. The van der Waals surface area contributed by atoms with E-state index >= 15 is 0 Å². The summed E-state index contributed by atoms with van der Waals surface area (Å²) in [7, 11) is 0. The van der Waals surface area contributed by atoms with Gasteiger partial charge in [0, 0.05) is 5.69 Å². The third kappa shape index (κ3) is 3.40. The van der Waals surface area contributed by atoms with Crippen molar-refractivity contribution < 1.29 is 19.8 Å². The number of phenolic OH excluding ortho intramolecular Hbond substituents is 1. The number of rotatable bonds is 4. The zero-order valence-electron chi connectivity index (χ0n) is 14.7. The number of hydrogen-bond donors (Lipinski definition) is 2. The van der Waals surface area contributed by atoms with Gasteiger partial charge in [-0.1, -0.05) is 41.4 Å². The van der Waals surface area contributed by atoms with Gasteiger partial charge in [0.1, 0.15) is 5.75 Å². The Morgan fingerprint density at radius 1 is 1.00 bits per heavy atom. The molecule has 29 heavy (non-hydrogen) atoms. The minimum atomic E-state index is -0.894. The molecule has 146 valence electrons. The van der Waals surface area contributed by atoms with E-state index in [1.165, 1.54) is 40.5 Å². The average Bonchev–Trinajstić information content (AvgIpc) is 3.32. The third-order valence-corrected chi connectivity index (χ3v) is 6.20. The SMILES string of the molecule is O=C(C1=C(O)C(=O)N(c2ccc(Cl)c(Cl)c2)C1c1ccc(O)cc1)c1cccs1. The topological polar surface area (TPSA) is 77.8 Å². The van der Waals surface area contributed by atoms with E-state index in [-0.39, 0.29) is 16.3 Å². The number of phenols is 1. The number of hydrogen-bond acceptors (Lipinski definition) is 5. The molecule has 1 atom stereocenters. The van der Waals surface area contributed by atoms with Gasteiger partial charge in [0.25, 0.3) is 5.91 Å². The van der Waals surface area contributed by atoms with Gasteiger partial charge in [0.05, 0.1) is 26.5 Å². The lowest BCUT2D eigenvalue weighted by atomic mass is 9.95. The van der Waals surface area contributed by atoms with Crippen LogP contribution in [0.5, 0.6) is 5.75 Å². The second-order valence-electron chi connectivity index (χ2n) is 6.34. The van der Waals surface area contributed by atoms with Crippen molar-refractivity contribution in [1.29, 1.82) is 0 Å². The summed E-state index contributed by atoms with van der Waals surface area (Å²) < 4.78 is 0. The first kappa shape index (κ1) is 19.5. The van der Waals surface area contributed by atoms with Gasteiger partial charge in [-0.05, 0) is 47.3 Å². The summed E-state index contributed by atoms with van der Waals surface area (Å²) in [6, 6.07) is 13.2. The number of carbonyl (C=O) groups excluding carboxylic acids is 2. The van der Waals surface area contributed by atoms with E-state index in [1.807, 2.05) is 0 Å². The van der Waals surface area contributed by atoms with Crippen LogP contribution >= 0.6 is 34.5 Å². The summed E-state index contributed by atoms with van der Waals surface area (Å²) in [5, 5.41) is 22.6. The molecule has 0 saturated heterocycles. The largest absolute Gasteiger partial charge is 0.508 e. The number of amides is 1. The van der Waals surface area contributed by atoms with Crippen molar-refractivity contribution in [3.8, 4) is 5.75 Å². The van der Waals surface area contributed by atoms with Gasteiger partial charge in [0.15, 0.2) is 5.76 Å². The first-order valence-electron chi connectivity index (χ1n) is 8.47. The summed E-state index contributed by atoms with van der Waals surface area (Å²) in [5.74, 6) is -1.74. The normalized spacial score (nSPS) is 16.6. The van der Waals surface area contributed by atoms with Gasteiger partial charge < -0.3 is 10.2 Å². The number of aromatic hydroxyl groups is 1. The highest BCUT2D eigenvalue weighted by Crippen LogP contribution is 2.43. The molecule has 0 fully saturated rings. The van der Waals surface area contributed by atoms with Gasteiger partial charge in [-0.3, -0.25) is 14.5 Å². The molecule has 2 aromatic carbocycles. The van der Waals surface area contributed by atoms with Crippen LogP contribution in [0.15, 0.2) is 71.3 Å². The van der Waals surface area contributed by atoms with Crippen molar-refractivity contribution in [2.24, 2.45) is 0 Å². The summed E-state index contributed by atoms with van der Waals surface area (Å²) >= 11 is 13.3. The van der Waals surface area contributed by atoms with Crippen molar-refractivity contribution >= 4 is 51.9 Å². The monoisotopic (exact) mass is 445 g/mol. The van der Waals surface area contributed by atoms with Gasteiger partial charge in [0.2, 0.25) is 5.78 Å². The van der Waals surface area contributed by atoms with Gasteiger partial charge in [-0.25, -0.2) is 0 Å². The minimum absolute atomic E-state index is 0.0331. The summed E-state index contributed by atoms with van der Waals surface area (Å²) in [6.07, 6.45) is 0. The van der Waals surface area contributed by atoms with Crippen LogP contribution in [-0.4, -0.2) is 21.9 Å². The van der Waals surface area contributed by atoms with Crippen LogP contribution in [-0.2, 0) is 4.79 Å². The highest BCUT2D eigenvalue weighted by atomic mass is 35.5. The fourth-order valence-electron chi connectivity index (χ4n) is 3.25. The first-order chi connectivity index (χ1) is 13.9. The Labute approximate surface area is 180 Å². The second kappa shape index (κ2) is 7.55. The predicted octanol–water partition coefficient (Wildman–Crippen LogP) is 5.54. The van der Waals surface area contributed by atoms with Gasteiger partial charge in [-0.2, -0.15) is 0 Å². The summed E-state index contributed by atoms with van der Waals surface area (Å²) in [5.41, 5.74) is 0.892. The second-order valence-corrected chi connectivity index (χ2v) is 8.10. The average molecular weight is 446 g/mol. The molecule has 0 spiro atoms. The molecule has 4 rings (SSSR count). The molecular formula is C21H13Cl2NO4S. The molecule has 2 heterocycles. The maximum atomic E-state index is 13.1. The molecule has 1 aliphatic heterocycles. The molecule has 1 unspecified atom stereocenters. The molecular weight excluding hydrogens is 433 g/mol. The maximum absolute atomic E-state index is 13.1. The highest BCUT2D eigenvalue weighted by Gasteiger charge is 2.44. The Balaban J connectivity index is 1.89. The smallest absolute Gasteiger partial charge is 0.294 e. The number of anilines is 1. The zero-order valence-corrected chi connectivity index (χ0v) is 17.0. The van der Waals surface area contributed by atoms with Crippen LogP contribution in [0.4, 0.5) is 5.69 Å². The lowest BCUT2D eigenvalue weighted by Gasteiger charge is -2.27. The number of thiophene rings is 1. The van der Waals surface area contributed by atoms with Crippen molar-refractivity contribution in [3.63, 3.8) is 0 Å². The van der Waals surface area contributed by atoms with Gasteiger partial charge >= 0.3 is 0 Å². The fourth-order valence-corrected chi connectivity index (χ4v) is 4.22. The number of benzene rings is 2. The van der Waals surface area contributed by atoms with Crippen LogP contribution in [0, 0.1) is 0 Å². The van der Waals surface area contributed by atoms with E-state index in [1.54, 1.807) is 35.7 Å². The fraction of sp³-hybridized carbons (Fsp3) is 0.0476. The van der Waals surface area contributed by atoms with Crippen molar-refractivity contribution in [1.82, 2.24) is 0 Å². The first-order valence-corrected chi connectivity index (χ1v) is 10.1. The molecule has 0 bridgehead atoms. The molecule has 3 aromatic rings. The molecule has 0 aliphatic carbocycles. The number of ketones is 1. The van der Waals surface area contributed by atoms with Crippen molar-refractivity contribution in [2.45, 2.75) is 6.04 Å². The van der Waals surface area contributed by atoms with E-state index in [2.05, 4.69) is 0 Å². The molecule has 8 heteroatoms. The Hall–Kier alpha value is -2.80. The molecule has 1 aromatic heterocycles. The van der Waals surface area contributed by atoms with Crippen LogP contribution in [0.25, 0.3) is 0 Å². The standard InChI is InChI=1S/C21H13Cl2NO4S/c22-14-8-5-12(10-15(14)23)24-18(11-3-6-13(25)7-4-11)17(20(27)21(24)28)19(26)16-2-1-9-29-16/h1-10,18,25,27H. The summed E-state index contributed by atoms with van der Waals surface area (Å²) in [4.78, 5) is 27.8. The van der Waals surface area contributed by atoms with Crippen LogP contribution in [0.2, 0.25) is 10.0 Å². The minimum Gasteiger partial charge on any atom is -0.508 e. The Morgan fingerprint density at radius 2 is 1.72 bits per heavy atom. The van der Waals surface area contributed by atoms with E-state index in [0.717, 1.165) is 0 Å². The highest BCUT2D eigenvalue weighted by molar-refractivity contribution is 7.12. The van der Waals surface area contributed by atoms with E-state index < -0.39 is 23.5 Å². The lowest BCUT2D eigenvalue weighted by Crippen LogP contribution is -2.31. The van der Waals surface area contributed by atoms with Crippen LogP contribution in [0.3, 0.4) is 0 Å². The number of nitrogens with zero attached hydrogens (tertiary/aromatic N) is 1. The van der Waals surface area contributed by atoms with Crippen molar-refractivity contribution in [3.05, 3.63) is 91.8 Å². The number of halogens is 2. The van der Waals surface area contributed by atoms with E-state index in [9.17, 15) is 19.8 Å². The molecule has 2 N–H and O–H groups in total. The van der Waals surface area contributed by atoms with Crippen LogP contribution < -0.4 is 4.90 Å². The molecule has 1 amide bonds. The summed E-state index contributed by atoms with van der Waals surface area (Å²) in [6.45, 7) is 0. The van der Waals surface area contributed by atoms with E-state index in [0.29, 0.717) is 21.2 Å². The quantitative estimate of drug-likeness (QED) is 0.516. The van der Waals surface area contributed by atoms with Gasteiger partial charge in [-0.15, -0.1) is 11.3 Å². The molecule has 5 nitrogen and oxygen atoms in total. The van der Waals surface area contributed by atoms with Crippen LogP contribution in [0.1, 0.15) is 21.3 Å².